The van der Waals surface area contributed by atoms with Crippen molar-refractivity contribution in [2.45, 2.75) is 45.3 Å². The van der Waals surface area contributed by atoms with Crippen LogP contribution in [0.15, 0.2) is 36.5 Å². The molecule has 180 valence electrons. The molecule has 0 atom stereocenters. The largest absolute Gasteiger partial charge is 0.443 e. The molecule has 1 fully saturated rings. The van der Waals surface area contributed by atoms with Crippen molar-refractivity contribution in [3.8, 4) is 11.3 Å². The Balaban J connectivity index is 1.89. The summed E-state index contributed by atoms with van der Waals surface area (Å²) in [6.45, 7) is 5.39. The van der Waals surface area contributed by atoms with Crippen molar-refractivity contribution in [3.63, 3.8) is 0 Å². The third-order valence-electron chi connectivity index (χ3n) is 5.36. The number of hydrogen-bond donors (Lipinski definition) is 0. The van der Waals surface area contributed by atoms with Crippen molar-refractivity contribution in [2.24, 2.45) is 0 Å². The summed E-state index contributed by atoms with van der Waals surface area (Å²) < 4.78 is 32.3. The van der Waals surface area contributed by atoms with Crippen LogP contribution in [0, 0.1) is 0 Å². The molecule has 0 spiro atoms. The van der Waals surface area contributed by atoms with Crippen LogP contribution in [0.3, 0.4) is 0 Å². The molecule has 3 aromatic rings. The number of amides is 1. The van der Waals surface area contributed by atoms with E-state index in [1.165, 1.54) is 22.1 Å². The standard InChI is InChI=1S/C23H27N5O5S/c1-23(2,3)33-22(30)27(17-9-10-17)20-12-19(25-21-16(14-29)13-24-28(20)21)15-7-6-8-18(11-15)26(4)34(5,31)32/h6-8,11-14,17H,9-10H2,1-5H3. The number of sulfonamides is 1. The molecule has 4 rings (SSSR count). The maximum atomic E-state index is 13.2. The number of nitrogens with zero attached hydrogens (tertiary/aromatic N) is 5. The minimum atomic E-state index is -3.46. The van der Waals surface area contributed by atoms with Gasteiger partial charge in [0.15, 0.2) is 11.9 Å². The summed E-state index contributed by atoms with van der Waals surface area (Å²) in [6.07, 6.45) is 4.30. The highest BCUT2D eigenvalue weighted by atomic mass is 32.2. The number of carbonyl (C=O) groups excluding carboxylic acids is 2. The fraction of sp³-hybridized carbons (Fsp3) is 0.391. The van der Waals surface area contributed by atoms with E-state index in [0.29, 0.717) is 34.7 Å². The number of fused-ring (bicyclic) bond motifs is 1. The Labute approximate surface area is 198 Å². The molecule has 2 heterocycles. The number of hydrogen-bond acceptors (Lipinski definition) is 7. The fourth-order valence-electron chi connectivity index (χ4n) is 3.49. The number of ether oxygens (including phenoxy) is 1. The topological polar surface area (TPSA) is 114 Å². The van der Waals surface area contributed by atoms with Gasteiger partial charge in [0.2, 0.25) is 10.0 Å². The molecular weight excluding hydrogens is 458 g/mol. The number of aldehydes is 1. The zero-order chi connectivity index (χ0) is 24.8. The minimum Gasteiger partial charge on any atom is -0.443 e. The Morgan fingerprint density at radius 3 is 2.53 bits per heavy atom. The van der Waals surface area contributed by atoms with E-state index in [2.05, 4.69) is 10.1 Å². The normalized spacial score (nSPS) is 14.1. The molecule has 0 bridgehead atoms. The minimum absolute atomic E-state index is 0.0557. The van der Waals surface area contributed by atoms with E-state index in [1.54, 1.807) is 56.0 Å². The second kappa shape index (κ2) is 8.39. The van der Waals surface area contributed by atoms with E-state index in [9.17, 15) is 18.0 Å². The lowest BCUT2D eigenvalue weighted by Crippen LogP contribution is -2.39. The number of benzene rings is 1. The summed E-state index contributed by atoms with van der Waals surface area (Å²) in [6, 6.07) is 8.53. The molecule has 0 saturated heterocycles. The molecule has 1 amide bonds. The van der Waals surface area contributed by atoms with Gasteiger partial charge in [0.25, 0.3) is 0 Å². The zero-order valence-electron chi connectivity index (χ0n) is 19.7. The van der Waals surface area contributed by atoms with E-state index < -0.39 is 21.7 Å². The highest BCUT2D eigenvalue weighted by Crippen LogP contribution is 2.36. The van der Waals surface area contributed by atoms with Gasteiger partial charge >= 0.3 is 6.09 Å². The van der Waals surface area contributed by atoms with Crippen LogP contribution in [0.4, 0.5) is 16.3 Å². The highest BCUT2D eigenvalue weighted by Gasteiger charge is 2.38. The quantitative estimate of drug-likeness (QED) is 0.491. The Kier molecular flexibility index (Phi) is 5.84. The zero-order valence-corrected chi connectivity index (χ0v) is 20.5. The smallest absolute Gasteiger partial charge is 0.416 e. The van der Waals surface area contributed by atoms with Gasteiger partial charge in [-0.3, -0.25) is 14.0 Å². The van der Waals surface area contributed by atoms with Crippen molar-refractivity contribution < 1.29 is 22.7 Å². The van der Waals surface area contributed by atoms with E-state index >= 15 is 0 Å². The average molecular weight is 486 g/mol. The Bertz CT molecular complexity index is 1370. The van der Waals surface area contributed by atoms with Gasteiger partial charge in [0, 0.05) is 24.7 Å². The molecule has 1 aliphatic rings. The van der Waals surface area contributed by atoms with Gasteiger partial charge in [-0.25, -0.2) is 18.2 Å². The molecule has 0 radical (unpaired) electrons. The first-order valence-corrected chi connectivity index (χ1v) is 12.6. The SMILES string of the molecule is CN(c1cccc(-c2cc(N(C(=O)OC(C)(C)C)C3CC3)n3ncc(C=O)c3n2)c1)S(C)(=O)=O. The first kappa shape index (κ1) is 23.7. The van der Waals surface area contributed by atoms with Gasteiger partial charge in [-0.1, -0.05) is 12.1 Å². The van der Waals surface area contributed by atoms with Gasteiger partial charge in [0.1, 0.15) is 11.4 Å². The van der Waals surface area contributed by atoms with Gasteiger partial charge in [-0.05, 0) is 45.7 Å². The molecule has 0 aliphatic heterocycles. The Hall–Kier alpha value is -3.47. The van der Waals surface area contributed by atoms with E-state index in [1.807, 2.05) is 0 Å². The van der Waals surface area contributed by atoms with Crippen molar-refractivity contribution in [2.75, 3.05) is 22.5 Å². The van der Waals surface area contributed by atoms with Gasteiger partial charge < -0.3 is 4.74 Å². The van der Waals surface area contributed by atoms with Crippen LogP contribution < -0.4 is 9.21 Å². The first-order valence-electron chi connectivity index (χ1n) is 10.8. The molecule has 1 aliphatic carbocycles. The molecule has 11 heteroatoms. The van der Waals surface area contributed by atoms with Crippen LogP contribution in [-0.4, -0.2) is 60.3 Å². The van der Waals surface area contributed by atoms with Crippen molar-refractivity contribution in [1.29, 1.82) is 0 Å². The number of carbonyl (C=O) groups is 2. The molecule has 1 saturated carbocycles. The molecular formula is C23H27N5O5S. The average Bonchev–Trinajstić information content (AvgIpc) is 3.49. The number of aromatic nitrogens is 3. The van der Waals surface area contributed by atoms with E-state index in [-0.39, 0.29) is 11.6 Å². The summed E-state index contributed by atoms with van der Waals surface area (Å²) in [7, 11) is -1.99. The Morgan fingerprint density at radius 1 is 1.24 bits per heavy atom. The molecule has 2 aromatic heterocycles. The third kappa shape index (κ3) is 4.74. The molecule has 1 aromatic carbocycles. The summed E-state index contributed by atoms with van der Waals surface area (Å²) in [5, 5.41) is 4.30. The lowest BCUT2D eigenvalue weighted by molar-refractivity contribution is 0.0575. The van der Waals surface area contributed by atoms with Crippen LogP contribution in [0.1, 0.15) is 44.0 Å². The van der Waals surface area contributed by atoms with Crippen molar-refractivity contribution in [3.05, 3.63) is 42.1 Å². The highest BCUT2D eigenvalue weighted by molar-refractivity contribution is 7.92. The second-order valence-electron chi connectivity index (χ2n) is 9.32. The van der Waals surface area contributed by atoms with Gasteiger partial charge in [0.05, 0.1) is 29.4 Å². The van der Waals surface area contributed by atoms with E-state index in [0.717, 1.165) is 19.1 Å². The maximum absolute atomic E-state index is 13.2. The van der Waals surface area contributed by atoms with Gasteiger partial charge in [-0.2, -0.15) is 9.61 Å². The lowest BCUT2D eigenvalue weighted by atomic mass is 10.1. The molecule has 10 nitrogen and oxygen atoms in total. The number of rotatable bonds is 6. The lowest BCUT2D eigenvalue weighted by Gasteiger charge is -2.28. The third-order valence-corrected chi connectivity index (χ3v) is 6.57. The van der Waals surface area contributed by atoms with Crippen LogP contribution in [0.5, 0.6) is 0 Å². The Morgan fingerprint density at radius 2 is 1.94 bits per heavy atom. The predicted molar refractivity (Wildman–Crippen MR) is 129 cm³/mol. The molecule has 0 N–H and O–H groups in total. The van der Waals surface area contributed by atoms with Crippen LogP contribution in [-0.2, 0) is 14.8 Å². The van der Waals surface area contributed by atoms with Crippen LogP contribution in [0.25, 0.3) is 16.9 Å². The van der Waals surface area contributed by atoms with Crippen molar-refractivity contribution >= 4 is 39.6 Å². The van der Waals surface area contributed by atoms with E-state index in [4.69, 9.17) is 4.74 Å². The summed E-state index contributed by atoms with van der Waals surface area (Å²) >= 11 is 0. The summed E-state index contributed by atoms with van der Waals surface area (Å²) in [5.41, 5.74) is 1.41. The van der Waals surface area contributed by atoms with Crippen LogP contribution >= 0.6 is 0 Å². The molecule has 0 unspecified atom stereocenters. The molecule has 34 heavy (non-hydrogen) atoms. The predicted octanol–water partition coefficient (Wildman–Crippen LogP) is 3.51. The monoisotopic (exact) mass is 485 g/mol. The fourth-order valence-corrected chi connectivity index (χ4v) is 3.99. The van der Waals surface area contributed by atoms with Crippen molar-refractivity contribution in [1.82, 2.24) is 14.6 Å². The number of anilines is 2. The van der Waals surface area contributed by atoms with Crippen LogP contribution in [0.2, 0.25) is 0 Å². The van der Waals surface area contributed by atoms with Gasteiger partial charge in [-0.15, -0.1) is 0 Å². The first-order chi connectivity index (χ1) is 15.9. The summed E-state index contributed by atoms with van der Waals surface area (Å²) in [5.74, 6) is 0.423. The maximum Gasteiger partial charge on any atom is 0.416 e. The summed E-state index contributed by atoms with van der Waals surface area (Å²) in [4.78, 5) is 31.0. The second-order valence-corrected chi connectivity index (χ2v) is 11.3.